The van der Waals surface area contributed by atoms with Gasteiger partial charge in [-0.25, -0.2) is 4.98 Å². The normalized spacial score (nSPS) is 10.2. The average Bonchev–Trinajstić information content (AvgIpc) is 2.53. The van der Waals surface area contributed by atoms with Gasteiger partial charge in [0.1, 0.15) is 5.01 Å². The molecule has 2 rings (SSSR count). The Labute approximate surface area is 85.0 Å². The van der Waals surface area contributed by atoms with E-state index in [4.69, 9.17) is 17.3 Å². The third-order valence-corrected chi connectivity index (χ3v) is 2.64. The highest BCUT2D eigenvalue weighted by atomic mass is 35.5. The van der Waals surface area contributed by atoms with Crippen LogP contribution in [0.3, 0.4) is 0 Å². The largest absolute Gasteiger partial charge is 0.399 e. The molecule has 2 N–H and O–H groups in total. The minimum atomic E-state index is 0.644. The number of nitrogen functional groups attached to an aromatic ring is 1. The summed E-state index contributed by atoms with van der Waals surface area (Å²) in [7, 11) is 0. The second-order valence-corrected chi connectivity index (χ2v) is 3.94. The highest BCUT2D eigenvalue weighted by molar-refractivity contribution is 7.13. The molecule has 1 aromatic heterocycles. The Bertz CT molecular complexity index is 391. The van der Waals surface area contributed by atoms with E-state index < -0.39 is 0 Å². The molecule has 2 aromatic rings. The fourth-order valence-corrected chi connectivity index (χ4v) is 1.97. The number of anilines is 1. The molecule has 2 nitrogen and oxygen atoms in total. The number of nitrogens with two attached hydrogens (primary N) is 1. The van der Waals surface area contributed by atoms with Crippen molar-refractivity contribution in [3.05, 3.63) is 34.8 Å². The summed E-state index contributed by atoms with van der Waals surface area (Å²) in [6.07, 6.45) is 1.76. The molecule has 0 atom stereocenters. The first-order valence-electron chi connectivity index (χ1n) is 3.71. The van der Waals surface area contributed by atoms with E-state index in [1.54, 1.807) is 23.6 Å². The summed E-state index contributed by atoms with van der Waals surface area (Å²) in [6, 6.07) is 5.44. The summed E-state index contributed by atoms with van der Waals surface area (Å²) < 4.78 is 0. The minimum Gasteiger partial charge on any atom is -0.399 e. The summed E-state index contributed by atoms with van der Waals surface area (Å²) in [4.78, 5) is 4.17. The lowest BCUT2D eigenvalue weighted by atomic mass is 10.2. The Hall–Kier alpha value is -1.06. The molecule has 13 heavy (non-hydrogen) atoms. The Morgan fingerprint density at radius 3 is 2.77 bits per heavy atom. The van der Waals surface area contributed by atoms with Gasteiger partial charge in [0.2, 0.25) is 0 Å². The van der Waals surface area contributed by atoms with Crippen LogP contribution in [0.25, 0.3) is 10.6 Å². The van der Waals surface area contributed by atoms with E-state index in [1.165, 1.54) is 0 Å². The molecule has 1 aromatic carbocycles. The van der Waals surface area contributed by atoms with Crippen LogP contribution >= 0.6 is 22.9 Å². The summed E-state index contributed by atoms with van der Waals surface area (Å²) in [6.45, 7) is 0. The maximum absolute atomic E-state index is 5.86. The maximum atomic E-state index is 5.86. The molecule has 0 aliphatic rings. The van der Waals surface area contributed by atoms with E-state index in [2.05, 4.69) is 4.98 Å². The van der Waals surface area contributed by atoms with Crippen LogP contribution in [0.1, 0.15) is 0 Å². The first kappa shape index (κ1) is 8.53. The van der Waals surface area contributed by atoms with Gasteiger partial charge in [-0.3, -0.25) is 0 Å². The SMILES string of the molecule is Nc1cc(Cl)cc(-c2nccs2)c1. The van der Waals surface area contributed by atoms with Crippen molar-refractivity contribution >= 4 is 28.6 Å². The number of hydrogen-bond acceptors (Lipinski definition) is 3. The van der Waals surface area contributed by atoms with Crippen LogP contribution in [0.15, 0.2) is 29.8 Å². The van der Waals surface area contributed by atoms with Gasteiger partial charge in [-0.05, 0) is 18.2 Å². The summed E-state index contributed by atoms with van der Waals surface area (Å²) in [5, 5.41) is 3.51. The van der Waals surface area contributed by atoms with Crippen molar-refractivity contribution in [2.45, 2.75) is 0 Å². The first-order valence-corrected chi connectivity index (χ1v) is 4.97. The van der Waals surface area contributed by atoms with Gasteiger partial charge in [0.25, 0.3) is 0 Å². The van der Waals surface area contributed by atoms with Crippen LogP contribution in [0.4, 0.5) is 5.69 Å². The van der Waals surface area contributed by atoms with Gasteiger partial charge in [0.05, 0.1) is 0 Å². The molecule has 0 radical (unpaired) electrons. The van der Waals surface area contributed by atoms with Crippen LogP contribution in [0.2, 0.25) is 5.02 Å². The predicted octanol–water partition coefficient (Wildman–Crippen LogP) is 3.05. The van der Waals surface area contributed by atoms with E-state index >= 15 is 0 Å². The second kappa shape index (κ2) is 3.36. The van der Waals surface area contributed by atoms with Gasteiger partial charge >= 0.3 is 0 Å². The maximum Gasteiger partial charge on any atom is 0.123 e. The molecule has 0 saturated carbocycles. The van der Waals surface area contributed by atoms with Crippen LogP contribution < -0.4 is 5.73 Å². The van der Waals surface area contributed by atoms with Crippen molar-refractivity contribution in [1.82, 2.24) is 4.98 Å². The van der Waals surface area contributed by atoms with Crippen LogP contribution in [-0.4, -0.2) is 4.98 Å². The van der Waals surface area contributed by atoms with Gasteiger partial charge in [-0.1, -0.05) is 11.6 Å². The molecule has 66 valence electrons. The third kappa shape index (κ3) is 1.82. The van der Waals surface area contributed by atoms with Crippen molar-refractivity contribution in [3.8, 4) is 10.6 Å². The molecule has 0 fully saturated rings. The van der Waals surface area contributed by atoms with Crippen LogP contribution in [0, 0.1) is 0 Å². The van der Waals surface area contributed by atoms with Crippen molar-refractivity contribution in [1.29, 1.82) is 0 Å². The summed E-state index contributed by atoms with van der Waals surface area (Å²) >= 11 is 7.43. The number of hydrogen-bond donors (Lipinski definition) is 1. The van der Waals surface area contributed by atoms with Gasteiger partial charge in [0.15, 0.2) is 0 Å². The number of rotatable bonds is 1. The molecule has 0 bridgehead atoms. The Kier molecular flexibility index (Phi) is 2.20. The zero-order valence-electron chi connectivity index (χ0n) is 6.70. The molecule has 0 amide bonds. The molecule has 0 aliphatic carbocycles. The van der Waals surface area contributed by atoms with Crippen molar-refractivity contribution < 1.29 is 0 Å². The number of thiazole rings is 1. The monoisotopic (exact) mass is 210 g/mol. The predicted molar refractivity (Wildman–Crippen MR) is 57.0 cm³/mol. The molecular formula is C9H7ClN2S. The number of halogens is 1. The topological polar surface area (TPSA) is 38.9 Å². The lowest BCUT2D eigenvalue weighted by molar-refractivity contribution is 1.41. The molecule has 4 heteroatoms. The Morgan fingerprint density at radius 1 is 1.31 bits per heavy atom. The zero-order valence-corrected chi connectivity index (χ0v) is 8.27. The van der Waals surface area contributed by atoms with Gasteiger partial charge in [-0.15, -0.1) is 11.3 Å². The first-order chi connectivity index (χ1) is 6.25. The number of benzene rings is 1. The van der Waals surface area contributed by atoms with E-state index in [0.717, 1.165) is 10.6 Å². The smallest absolute Gasteiger partial charge is 0.123 e. The fraction of sp³-hybridized carbons (Fsp3) is 0. The quantitative estimate of drug-likeness (QED) is 0.735. The third-order valence-electron chi connectivity index (χ3n) is 1.60. The van der Waals surface area contributed by atoms with Gasteiger partial charge < -0.3 is 5.73 Å². The Morgan fingerprint density at radius 2 is 2.15 bits per heavy atom. The van der Waals surface area contributed by atoms with Crippen molar-refractivity contribution in [2.24, 2.45) is 0 Å². The van der Waals surface area contributed by atoms with Crippen LogP contribution in [0.5, 0.6) is 0 Å². The molecule has 0 spiro atoms. The summed E-state index contributed by atoms with van der Waals surface area (Å²) in [5.74, 6) is 0. The van der Waals surface area contributed by atoms with E-state index in [0.29, 0.717) is 10.7 Å². The average molecular weight is 211 g/mol. The highest BCUT2D eigenvalue weighted by Crippen LogP contribution is 2.27. The highest BCUT2D eigenvalue weighted by Gasteiger charge is 2.02. The zero-order chi connectivity index (χ0) is 9.26. The fourth-order valence-electron chi connectivity index (χ4n) is 1.10. The van der Waals surface area contributed by atoms with E-state index in [9.17, 15) is 0 Å². The van der Waals surface area contributed by atoms with Crippen LogP contribution in [-0.2, 0) is 0 Å². The van der Waals surface area contributed by atoms with Crippen molar-refractivity contribution in [3.63, 3.8) is 0 Å². The van der Waals surface area contributed by atoms with Gasteiger partial charge in [-0.2, -0.15) is 0 Å². The molecular weight excluding hydrogens is 204 g/mol. The lowest BCUT2D eigenvalue weighted by Gasteiger charge is -1.99. The Balaban J connectivity index is 2.53. The lowest BCUT2D eigenvalue weighted by Crippen LogP contribution is -1.85. The molecule has 1 heterocycles. The summed E-state index contributed by atoms with van der Waals surface area (Å²) in [5.41, 5.74) is 7.29. The van der Waals surface area contributed by atoms with Gasteiger partial charge in [0, 0.05) is 27.9 Å². The number of aromatic nitrogens is 1. The molecule has 0 unspecified atom stereocenters. The van der Waals surface area contributed by atoms with E-state index in [-0.39, 0.29) is 0 Å². The second-order valence-electron chi connectivity index (χ2n) is 2.61. The molecule has 0 aliphatic heterocycles. The minimum absolute atomic E-state index is 0.644. The standard InChI is InChI=1S/C9H7ClN2S/c10-7-3-6(4-8(11)5-7)9-12-1-2-13-9/h1-5H,11H2. The number of nitrogens with zero attached hydrogens (tertiary/aromatic N) is 1. The molecule has 0 saturated heterocycles. The van der Waals surface area contributed by atoms with E-state index in [1.807, 2.05) is 17.5 Å². The van der Waals surface area contributed by atoms with Crippen molar-refractivity contribution in [2.75, 3.05) is 5.73 Å².